The van der Waals surface area contributed by atoms with Gasteiger partial charge in [-0.15, -0.1) is 5.10 Å². The van der Waals surface area contributed by atoms with Gasteiger partial charge in [0.05, 0.1) is 5.38 Å². The first-order valence-corrected chi connectivity index (χ1v) is 5.09. The van der Waals surface area contributed by atoms with Crippen LogP contribution in [0.4, 0.5) is 5.82 Å². The van der Waals surface area contributed by atoms with Gasteiger partial charge in [-0.25, -0.2) is 0 Å². The van der Waals surface area contributed by atoms with E-state index in [9.17, 15) is 4.79 Å². The van der Waals surface area contributed by atoms with Crippen molar-refractivity contribution in [2.75, 3.05) is 18.4 Å². The molecule has 1 fully saturated rings. The van der Waals surface area contributed by atoms with E-state index in [1.54, 1.807) is 5.38 Å². The van der Waals surface area contributed by atoms with Gasteiger partial charge >= 0.3 is 0 Å². The van der Waals surface area contributed by atoms with Crippen molar-refractivity contribution in [2.45, 2.75) is 6.92 Å². The van der Waals surface area contributed by atoms with Crippen LogP contribution in [0.3, 0.4) is 0 Å². The van der Waals surface area contributed by atoms with E-state index >= 15 is 0 Å². The van der Waals surface area contributed by atoms with Crippen LogP contribution in [0.2, 0.25) is 0 Å². The molecule has 1 aliphatic heterocycles. The number of hydrogen-bond acceptors (Lipinski definition) is 5. The first-order chi connectivity index (χ1) is 6.77. The van der Waals surface area contributed by atoms with Crippen LogP contribution >= 0.6 is 11.5 Å². The minimum absolute atomic E-state index is 0.0887. The molecule has 1 aromatic heterocycles. The molecule has 0 unspecified atom stereocenters. The van der Waals surface area contributed by atoms with E-state index < -0.39 is 0 Å². The van der Waals surface area contributed by atoms with E-state index in [1.807, 2.05) is 6.92 Å². The summed E-state index contributed by atoms with van der Waals surface area (Å²) in [6.07, 6.45) is 0. The average Bonchev–Trinajstić information content (AvgIpc) is 2.53. The van der Waals surface area contributed by atoms with Gasteiger partial charge in [0.15, 0.2) is 5.82 Å². The minimum Gasteiger partial charge on any atom is -0.309 e. The van der Waals surface area contributed by atoms with Crippen LogP contribution in [-0.4, -0.2) is 28.6 Å². The van der Waals surface area contributed by atoms with Gasteiger partial charge in [0.1, 0.15) is 0 Å². The van der Waals surface area contributed by atoms with Crippen LogP contribution in [0.1, 0.15) is 6.92 Å². The van der Waals surface area contributed by atoms with Crippen molar-refractivity contribution < 1.29 is 4.79 Å². The lowest BCUT2D eigenvalue weighted by atomic mass is 10.0. The van der Waals surface area contributed by atoms with Crippen molar-refractivity contribution in [2.24, 2.45) is 0 Å². The number of anilines is 1. The molecule has 0 aromatic carbocycles. The lowest BCUT2D eigenvalue weighted by Crippen LogP contribution is -2.36. The summed E-state index contributed by atoms with van der Waals surface area (Å²) in [7, 11) is 0. The van der Waals surface area contributed by atoms with Gasteiger partial charge in [-0.05, 0) is 24.0 Å². The highest BCUT2D eigenvalue weighted by atomic mass is 32.1. The van der Waals surface area contributed by atoms with E-state index in [0.717, 1.165) is 24.2 Å². The standard InChI is InChI=1S/C8H10N4OS/c1-5(6-2-9-3-6)8(13)10-7-4-14-12-11-7/h4,9H,2-3H2,1H3,(H,10,13). The third-order valence-corrected chi connectivity index (χ3v) is 2.65. The Labute approximate surface area is 85.4 Å². The summed E-state index contributed by atoms with van der Waals surface area (Å²) in [6, 6.07) is 0. The van der Waals surface area contributed by atoms with Crippen LogP contribution in [0.25, 0.3) is 0 Å². The lowest BCUT2D eigenvalue weighted by molar-refractivity contribution is -0.112. The Morgan fingerprint density at radius 3 is 2.93 bits per heavy atom. The third kappa shape index (κ3) is 1.80. The van der Waals surface area contributed by atoms with Crippen molar-refractivity contribution >= 4 is 23.3 Å². The van der Waals surface area contributed by atoms with Gasteiger partial charge in [0, 0.05) is 18.7 Å². The van der Waals surface area contributed by atoms with E-state index in [1.165, 1.54) is 11.5 Å². The lowest BCUT2D eigenvalue weighted by Gasteiger charge is -2.21. The zero-order valence-electron chi connectivity index (χ0n) is 7.70. The number of hydrogen-bond donors (Lipinski definition) is 2. The molecule has 1 aliphatic rings. The van der Waals surface area contributed by atoms with E-state index in [4.69, 9.17) is 0 Å². The number of aromatic nitrogens is 2. The topological polar surface area (TPSA) is 66.9 Å². The van der Waals surface area contributed by atoms with Crippen LogP contribution in [0.5, 0.6) is 0 Å². The molecular weight excluding hydrogens is 200 g/mol. The van der Waals surface area contributed by atoms with Gasteiger partial charge < -0.3 is 10.6 Å². The average molecular weight is 210 g/mol. The number of nitrogens with one attached hydrogen (secondary N) is 2. The monoisotopic (exact) mass is 210 g/mol. The molecule has 74 valence electrons. The molecule has 14 heavy (non-hydrogen) atoms. The molecule has 5 nitrogen and oxygen atoms in total. The molecule has 1 amide bonds. The van der Waals surface area contributed by atoms with Crippen molar-refractivity contribution in [3.05, 3.63) is 16.5 Å². The van der Waals surface area contributed by atoms with Gasteiger partial charge in [-0.3, -0.25) is 4.79 Å². The van der Waals surface area contributed by atoms with Gasteiger partial charge in [0.25, 0.3) is 5.91 Å². The summed E-state index contributed by atoms with van der Waals surface area (Å²) in [4.78, 5) is 11.6. The fraction of sp³-hybridized carbons (Fsp3) is 0.375. The second kappa shape index (κ2) is 3.85. The Bertz CT molecular complexity index is 365. The van der Waals surface area contributed by atoms with Crippen molar-refractivity contribution in [3.8, 4) is 0 Å². The van der Waals surface area contributed by atoms with Crippen LogP contribution in [0.15, 0.2) is 16.5 Å². The maximum absolute atomic E-state index is 11.6. The Hall–Kier alpha value is -1.27. The molecule has 6 heteroatoms. The summed E-state index contributed by atoms with van der Waals surface area (Å²) in [6.45, 7) is 3.45. The third-order valence-electron chi connectivity index (χ3n) is 2.15. The number of nitrogens with zero attached hydrogens (tertiary/aromatic N) is 2. The molecule has 2 rings (SSSR count). The fourth-order valence-corrected chi connectivity index (χ4v) is 1.49. The van der Waals surface area contributed by atoms with Crippen molar-refractivity contribution in [3.63, 3.8) is 0 Å². The molecule has 0 bridgehead atoms. The normalized spacial score (nSPS) is 14.8. The van der Waals surface area contributed by atoms with Gasteiger partial charge in [0.2, 0.25) is 0 Å². The number of carbonyl (C=O) groups is 1. The van der Waals surface area contributed by atoms with Crippen molar-refractivity contribution in [1.82, 2.24) is 14.9 Å². The highest BCUT2D eigenvalue weighted by molar-refractivity contribution is 7.03. The van der Waals surface area contributed by atoms with Gasteiger partial charge in [-0.2, -0.15) is 0 Å². The zero-order valence-corrected chi connectivity index (χ0v) is 8.52. The largest absolute Gasteiger partial charge is 0.309 e. The Morgan fingerprint density at radius 1 is 1.64 bits per heavy atom. The SMILES string of the molecule is CC(C(=O)Nc1csnn1)=C1CNC1. The maximum atomic E-state index is 11.6. The molecular formula is C8H10N4OS. The maximum Gasteiger partial charge on any atom is 0.252 e. The molecule has 0 spiro atoms. The first-order valence-electron chi connectivity index (χ1n) is 4.25. The molecule has 2 N–H and O–H groups in total. The van der Waals surface area contributed by atoms with Crippen LogP contribution in [-0.2, 0) is 4.79 Å². The number of rotatable bonds is 2. The molecule has 1 aromatic rings. The minimum atomic E-state index is -0.0887. The van der Waals surface area contributed by atoms with Crippen molar-refractivity contribution in [1.29, 1.82) is 0 Å². The van der Waals surface area contributed by atoms with Crippen LogP contribution < -0.4 is 10.6 Å². The van der Waals surface area contributed by atoms with E-state index in [-0.39, 0.29) is 5.91 Å². The highest BCUT2D eigenvalue weighted by Gasteiger charge is 2.16. The summed E-state index contributed by atoms with van der Waals surface area (Å²) in [5, 5.41) is 11.2. The first kappa shape index (κ1) is 9.29. The molecule has 1 saturated heterocycles. The highest BCUT2D eigenvalue weighted by Crippen LogP contribution is 2.11. The second-order valence-electron chi connectivity index (χ2n) is 3.08. The second-order valence-corrected chi connectivity index (χ2v) is 3.69. The van der Waals surface area contributed by atoms with Gasteiger partial charge in [-0.1, -0.05) is 4.49 Å². The Balaban J connectivity index is 2.02. The predicted octanol–water partition coefficient (Wildman–Crippen LogP) is 0.396. The van der Waals surface area contributed by atoms with E-state index in [2.05, 4.69) is 20.2 Å². The summed E-state index contributed by atoms with van der Waals surface area (Å²) in [5.74, 6) is 0.432. The fourth-order valence-electron chi connectivity index (χ4n) is 1.10. The Kier molecular flexibility index (Phi) is 2.55. The molecule has 0 radical (unpaired) electrons. The molecule has 2 heterocycles. The van der Waals surface area contributed by atoms with Crippen LogP contribution in [0, 0.1) is 0 Å². The smallest absolute Gasteiger partial charge is 0.252 e. The summed E-state index contributed by atoms with van der Waals surface area (Å²) < 4.78 is 3.66. The zero-order chi connectivity index (χ0) is 9.97. The number of amides is 1. The quantitative estimate of drug-likeness (QED) is 0.693. The summed E-state index contributed by atoms with van der Waals surface area (Å²) in [5.41, 5.74) is 1.93. The molecule has 0 saturated carbocycles. The predicted molar refractivity (Wildman–Crippen MR) is 54.1 cm³/mol. The molecule has 0 aliphatic carbocycles. The Morgan fingerprint density at radius 2 is 2.43 bits per heavy atom. The number of carbonyl (C=O) groups excluding carboxylic acids is 1. The van der Waals surface area contributed by atoms with E-state index in [0.29, 0.717) is 5.82 Å². The molecule has 0 atom stereocenters. The summed E-state index contributed by atoms with van der Waals surface area (Å²) >= 11 is 1.22.